The smallest absolute Gasteiger partial charge is 0.264 e. The first-order valence-electron chi connectivity index (χ1n) is 14.9. The fourth-order valence-corrected chi connectivity index (χ4v) is 7.43. The molecule has 0 aromatic heterocycles. The predicted octanol–water partition coefficient (Wildman–Crippen LogP) is 6.07. The van der Waals surface area contributed by atoms with Crippen LogP contribution in [0.5, 0.6) is 5.75 Å². The summed E-state index contributed by atoms with van der Waals surface area (Å²) in [5.41, 5.74) is 3.45. The predicted molar refractivity (Wildman–Crippen MR) is 168 cm³/mol. The lowest BCUT2D eigenvalue weighted by Gasteiger charge is -2.41. The summed E-state index contributed by atoms with van der Waals surface area (Å²) in [6.45, 7) is 8.09. The lowest BCUT2D eigenvalue weighted by Crippen LogP contribution is -2.45. The zero-order valence-corrected chi connectivity index (χ0v) is 25.9. The van der Waals surface area contributed by atoms with Crippen molar-refractivity contribution in [3.8, 4) is 5.75 Å². The molecule has 226 valence electrons. The van der Waals surface area contributed by atoms with Gasteiger partial charge in [-0.25, -0.2) is 13.1 Å². The number of sulfonamides is 1. The Bertz CT molecular complexity index is 1440. The van der Waals surface area contributed by atoms with Crippen molar-refractivity contribution in [3.63, 3.8) is 0 Å². The molecular weight excluding hydrogens is 572 g/mol. The largest absolute Gasteiger partial charge is 0.490 e. The zero-order chi connectivity index (χ0) is 29.7. The van der Waals surface area contributed by atoms with Gasteiger partial charge in [0.25, 0.3) is 5.91 Å². The van der Waals surface area contributed by atoms with Crippen LogP contribution in [0.2, 0.25) is 5.02 Å². The van der Waals surface area contributed by atoms with E-state index in [4.69, 9.17) is 21.1 Å². The molecule has 1 spiro atoms. The molecule has 0 saturated heterocycles. The number of hydrogen-bond donors (Lipinski definition) is 1. The van der Waals surface area contributed by atoms with Crippen LogP contribution >= 0.6 is 11.6 Å². The van der Waals surface area contributed by atoms with E-state index in [2.05, 4.69) is 47.4 Å². The molecule has 42 heavy (non-hydrogen) atoms. The number of anilines is 1. The second kappa shape index (κ2) is 13.2. The number of halogens is 1. The molecule has 1 saturated carbocycles. The Morgan fingerprint density at radius 1 is 1.26 bits per heavy atom. The number of nitrogens with one attached hydrogen (secondary N) is 1. The van der Waals surface area contributed by atoms with Crippen LogP contribution in [0.25, 0.3) is 0 Å². The minimum Gasteiger partial charge on any atom is -0.490 e. The second-order valence-corrected chi connectivity index (χ2v) is 14.0. The third-order valence-electron chi connectivity index (χ3n) is 8.82. The van der Waals surface area contributed by atoms with E-state index in [1.807, 2.05) is 6.07 Å². The van der Waals surface area contributed by atoms with Gasteiger partial charge in [0.15, 0.2) is 0 Å². The van der Waals surface area contributed by atoms with Gasteiger partial charge < -0.3 is 14.4 Å². The van der Waals surface area contributed by atoms with E-state index in [9.17, 15) is 13.2 Å². The van der Waals surface area contributed by atoms with Gasteiger partial charge in [0.1, 0.15) is 5.75 Å². The monoisotopic (exact) mass is 612 g/mol. The Kier molecular flexibility index (Phi) is 9.65. The van der Waals surface area contributed by atoms with Crippen LogP contribution in [0.1, 0.15) is 60.5 Å². The Labute approximate surface area is 255 Å². The molecule has 2 aromatic carbocycles. The summed E-state index contributed by atoms with van der Waals surface area (Å²) in [7, 11) is -3.86. The molecule has 3 atom stereocenters. The van der Waals surface area contributed by atoms with Gasteiger partial charge in [-0.1, -0.05) is 49.2 Å². The molecule has 0 radical (unpaired) electrons. The molecule has 7 nitrogen and oxygen atoms in total. The number of carbonyl (C=O) groups excluding carboxylic acids is 1. The van der Waals surface area contributed by atoms with Gasteiger partial charge in [0.05, 0.1) is 31.3 Å². The maximum Gasteiger partial charge on any atom is 0.264 e. The highest BCUT2D eigenvalue weighted by atomic mass is 35.5. The summed E-state index contributed by atoms with van der Waals surface area (Å²) in [6.07, 6.45) is 12.7. The number of allylic oxidation sites excluding steroid dienone is 2. The van der Waals surface area contributed by atoms with Gasteiger partial charge in [0, 0.05) is 29.1 Å². The molecule has 1 N–H and O–H groups in total. The fraction of sp³-hybridized carbons (Fsp3) is 0.485. The molecule has 3 aliphatic rings. The molecule has 1 heterocycles. The van der Waals surface area contributed by atoms with E-state index < -0.39 is 15.9 Å². The number of unbranched alkanes of at least 4 members (excludes halogenated alkanes) is 1. The highest BCUT2D eigenvalue weighted by Crippen LogP contribution is 2.47. The first kappa shape index (κ1) is 30.6. The van der Waals surface area contributed by atoms with Gasteiger partial charge in [0.2, 0.25) is 10.0 Å². The molecule has 0 bridgehead atoms. The maximum absolute atomic E-state index is 13.1. The average molecular weight is 613 g/mol. The summed E-state index contributed by atoms with van der Waals surface area (Å²) >= 11 is 6.34. The van der Waals surface area contributed by atoms with Crippen LogP contribution in [0.4, 0.5) is 5.69 Å². The number of fused-ring (bicyclic) bond motifs is 3. The zero-order valence-electron chi connectivity index (χ0n) is 24.3. The van der Waals surface area contributed by atoms with Crippen LogP contribution in [0, 0.1) is 11.8 Å². The first-order valence-corrected chi connectivity index (χ1v) is 17.0. The SMILES string of the molecule is C=CCOCCS(=O)(=O)NC(=O)c1ccc2c(c1)N(C[C@@H]1CC[C@H]1/C=C/CCC)CC1(CCc3cc(Cl)ccc31)CO2. The van der Waals surface area contributed by atoms with E-state index in [-0.39, 0.29) is 29.9 Å². The van der Waals surface area contributed by atoms with Crippen LogP contribution in [0.3, 0.4) is 0 Å². The summed E-state index contributed by atoms with van der Waals surface area (Å²) in [5, 5.41) is 0.745. The van der Waals surface area contributed by atoms with Crippen LogP contribution in [-0.2, 0) is 26.6 Å². The number of nitrogens with zero attached hydrogens (tertiary/aromatic N) is 1. The molecule has 1 unspecified atom stereocenters. The minimum absolute atomic E-state index is 0.0233. The van der Waals surface area contributed by atoms with E-state index in [1.165, 1.54) is 17.5 Å². The van der Waals surface area contributed by atoms with Crippen molar-refractivity contribution < 1.29 is 22.7 Å². The van der Waals surface area contributed by atoms with Crippen molar-refractivity contribution in [1.82, 2.24) is 4.72 Å². The molecule has 1 fully saturated rings. The van der Waals surface area contributed by atoms with Gasteiger partial charge in [-0.3, -0.25) is 4.79 Å². The number of carbonyl (C=O) groups is 1. The van der Waals surface area contributed by atoms with Crippen molar-refractivity contribution in [2.45, 2.75) is 50.9 Å². The average Bonchev–Trinajstić information content (AvgIpc) is 3.21. The number of amides is 1. The van der Waals surface area contributed by atoms with Gasteiger partial charge in [-0.15, -0.1) is 6.58 Å². The summed E-state index contributed by atoms with van der Waals surface area (Å²) in [4.78, 5) is 15.5. The fourth-order valence-electron chi connectivity index (χ4n) is 6.39. The van der Waals surface area contributed by atoms with Crippen LogP contribution in [0.15, 0.2) is 61.2 Å². The third kappa shape index (κ3) is 6.87. The van der Waals surface area contributed by atoms with Crippen molar-refractivity contribution in [3.05, 3.63) is 82.9 Å². The van der Waals surface area contributed by atoms with Crippen LogP contribution < -0.4 is 14.4 Å². The molecule has 1 amide bonds. The Morgan fingerprint density at radius 3 is 2.88 bits per heavy atom. The van der Waals surface area contributed by atoms with Crippen molar-refractivity contribution >= 4 is 33.2 Å². The van der Waals surface area contributed by atoms with Gasteiger partial charge >= 0.3 is 0 Å². The summed E-state index contributed by atoms with van der Waals surface area (Å²) < 4.78 is 39.0. The second-order valence-electron chi connectivity index (χ2n) is 11.8. The summed E-state index contributed by atoms with van der Waals surface area (Å²) in [6, 6.07) is 11.4. The van der Waals surface area contributed by atoms with E-state index in [0.717, 1.165) is 55.9 Å². The number of rotatable bonds is 12. The molecule has 5 rings (SSSR count). The third-order valence-corrected chi connectivity index (χ3v) is 10.3. The number of hydrogen-bond acceptors (Lipinski definition) is 6. The van der Waals surface area contributed by atoms with Gasteiger partial charge in [-0.2, -0.15) is 0 Å². The Balaban J connectivity index is 1.42. The lowest BCUT2D eigenvalue weighted by molar-refractivity contribution is 0.0981. The molecule has 2 aromatic rings. The highest BCUT2D eigenvalue weighted by molar-refractivity contribution is 7.90. The quantitative estimate of drug-likeness (QED) is 0.231. The van der Waals surface area contributed by atoms with E-state index in [1.54, 1.807) is 24.3 Å². The van der Waals surface area contributed by atoms with Crippen molar-refractivity contribution in [2.24, 2.45) is 11.8 Å². The lowest BCUT2D eigenvalue weighted by atomic mass is 9.72. The van der Waals surface area contributed by atoms with E-state index >= 15 is 0 Å². The highest BCUT2D eigenvalue weighted by Gasteiger charge is 2.44. The normalized spacial score (nSPS) is 23.1. The van der Waals surface area contributed by atoms with Crippen molar-refractivity contribution in [1.29, 1.82) is 0 Å². The van der Waals surface area contributed by atoms with Gasteiger partial charge in [-0.05, 0) is 85.4 Å². The number of ether oxygens (including phenoxy) is 2. The molecule has 2 aliphatic carbocycles. The minimum atomic E-state index is -3.86. The number of benzene rings is 2. The van der Waals surface area contributed by atoms with Crippen molar-refractivity contribution in [2.75, 3.05) is 43.6 Å². The summed E-state index contributed by atoms with van der Waals surface area (Å²) in [5.74, 6) is 0.775. The molecule has 1 aliphatic heterocycles. The maximum atomic E-state index is 13.1. The van der Waals surface area contributed by atoms with E-state index in [0.29, 0.717) is 24.2 Å². The topological polar surface area (TPSA) is 84.9 Å². The first-order chi connectivity index (χ1) is 20.2. The molecule has 9 heteroatoms. The van der Waals surface area contributed by atoms with Crippen LogP contribution in [-0.4, -0.2) is 53.0 Å². The Morgan fingerprint density at radius 2 is 2.12 bits per heavy atom. The standard InChI is InChI=1S/C33H41ClN2O5S/c1-3-5-6-7-24-8-9-27(24)21-36-22-33(15-14-25-19-28(34)11-12-29(25)33)23-41-31-13-10-26(20-30(31)36)32(37)35-42(38,39)18-17-40-16-4-2/h4,6-7,10-13,19-20,24,27H,2-3,5,8-9,14-18,21-23H2,1H3,(H,35,37)/b7-6+/t24-,27+,33?/m1/s1. The number of aryl methyl sites for hydroxylation is 1. The Hall–Kier alpha value is -2.81. The molecular formula is C33H41ClN2O5S.